The number of carbonyl (C=O) groups excluding carboxylic acids is 1. The van der Waals surface area contributed by atoms with E-state index < -0.39 is 0 Å². The maximum atomic E-state index is 12.0. The molecule has 1 amide bonds. The maximum absolute atomic E-state index is 12.0. The van der Waals surface area contributed by atoms with Crippen molar-refractivity contribution >= 4 is 51.4 Å². The third kappa shape index (κ3) is 3.61. The molecular weight excluding hydrogens is 397 g/mol. The first-order chi connectivity index (χ1) is 9.11. The van der Waals surface area contributed by atoms with E-state index >= 15 is 0 Å². The molecule has 0 fully saturated rings. The second-order valence-electron chi connectivity index (χ2n) is 3.74. The van der Waals surface area contributed by atoms with Crippen LogP contribution in [0.25, 0.3) is 0 Å². The first-order valence-corrected chi connectivity index (χ1v) is 7.79. The minimum absolute atomic E-state index is 0.110. The Morgan fingerprint density at radius 2 is 2.32 bits per heavy atom. The predicted molar refractivity (Wildman–Crippen MR) is 86.2 cm³/mol. The summed E-state index contributed by atoms with van der Waals surface area (Å²) in [5, 5.41) is 5.26. The van der Waals surface area contributed by atoms with E-state index in [2.05, 4.69) is 27.9 Å². The van der Waals surface area contributed by atoms with Gasteiger partial charge < -0.3 is 10.1 Å². The van der Waals surface area contributed by atoms with Crippen molar-refractivity contribution in [3.05, 3.63) is 48.7 Å². The lowest BCUT2D eigenvalue weighted by Gasteiger charge is -2.11. The second kappa shape index (κ2) is 6.58. The van der Waals surface area contributed by atoms with Gasteiger partial charge in [-0.2, -0.15) is 0 Å². The Morgan fingerprint density at radius 3 is 2.95 bits per heavy atom. The van der Waals surface area contributed by atoms with Crippen molar-refractivity contribution in [1.82, 2.24) is 5.32 Å². The molecule has 6 heteroatoms. The van der Waals surface area contributed by atoms with E-state index in [4.69, 9.17) is 16.3 Å². The zero-order chi connectivity index (χ0) is 13.8. The molecule has 19 heavy (non-hydrogen) atoms. The van der Waals surface area contributed by atoms with Gasteiger partial charge in [0.25, 0.3) is 5.91 Å². The van der Waals surface area contributed by atoms with Crippen LogP contribution < -0.4 is 10.1 Å². The largest absolute Gasteiger partial charge is 0.496 e. The molecule has 100 valence electrons. The highest BCUT2D eigenvalue weighted by Gasteiger charge is 2.11. The fraction of sp³-hybridized carbons (Fsp3) is 0.154. The molecule has 2 rings (SSSR count). The molecule has 0 saturated carbocycles. The van der Waals surface area contributed by atoms with Crippen molar-refractivity contribution in [2.75, 3.05) is 7.11 Å². The smallest absolute Gasteiger partial charge is 0.252 e. The average molecular weight is 408 g/mol. The van der Waals surface area contributed by atoms with Crippen LogP contribution >= 0.6 is 45.5 Å². The van der Waals surface area contributed by atoms with E-state index in [1.165, 1.54) is 0 Å². The summed E-state index contributed by atoms with van der Waals surface area (Å²) in [7, 11) is 1.58. The van der Waals surface area contributed by atoms with Crippen LogP contribution in [0.15, 0.2) is 29.6 Å². The van der Waals surface area contributed by atoms with Crippen LogP contribution in [0.4, 0.5) is 0 Å². The summed E-state index contributed by atoms with van der Waals surface area (Å²) in [4.78, 5) is 12.0. The number of hydrogen-bond donors (Lipinski definition) is 1. The van der Waals surface area contributed by atoms with E-state index in [1.54, 1.807) is 24.5 Å². The molecule has 2 aromatic rings. The van der Waals surface area contributed by atoms with Crippen LogP contribution in [-0.4, -0.2) is 13.0 Å². The molecule has 1 N–H and O–H groups in total. The molecule has 0 atom stereocenters. The molecule has 0 spiro atoms. The quantitative estimate of drug-likeness (QED) is 0.780. The molecular formula is C13H11ClINO2S. The van der Waals surface area contributed by atoms with E-state index in [0.29, 0.717) is 22.9 Å². The maximum Gasteiger partial charge on any atom is 0.252 e. The van der Waals surface area contributed by atoms with Gasteiger partial charge >= 0.3 is 0 Å². The number of halogens is 2. The van der Waals surface area contributed by atoms with Crippen LogP contribution in [0, 0.1) is 2.88 Å². The lowest BCUT2D eigenvalue weighted by molar-refractivity contribution is 0.0951. The van der Waals surface area contributed by atoms with Gasteiger partial charge in [-0.25, -0.2) is 0 Å². The molecule has 3 nitrogen and oxygen atoms in total. The van der Waals surface area contributed by atoms with Gasteiger partial charge in [-0.3, -0.25) is 4.79 Å². The number of carbonyl (C=O) groups is 1. The summed E-state index contributed by atoms with van der Waals surface area (Å²) >= 11 is 9.84. The number of ether oxygens (including phenoxy) is 1. The minimum Gasteiger partial charge on any atom is -0.496 e. The van der Waals surface area contributed by atoms with Gasteiger partial charge in [-0.15, -0.1) is 11.3 Å². The Hall–Kier alpha value is -0.790. The molecule has 0 aliphatic carbocycles. The highest BCUT2D eigenvalue weighted by atomic mass is 127. The lowest BCUT2D eigenvalue weighted by Crippen LogP contribution is -2.22. The number of hydrogen-bond acceptors (Lipinski definition) is 3. The molecule has 1 aromatic carbocycles. The Kier molecular flexibility index (Phi) is 5.06. The van der Waals surface area contributed by atoms with Gasteiger partial charge in [0.1, 0.15) is 5.75 Å². The zero-order valence-corrected chi connectivity index (χ0v) is 13.8. The molecule has 0 bridgehead atoms. The molecule has 0 saturated heterocycles. The Labute approximate surface area is 134 Å². The van der Waals surface area contributed by atoms with Crippen molar-refractivity contribution in [3.63, 3.8) is 0 Å². The Balaban J connectivity index is 2.09. The number of thiophene rings is 1. The van der Waals surface area contributed by atoms with Crippen molar-refractivity contribution in [1.29, 1.82) is 0 Å². The molecule has 0 radical (unpaired) electrons. The number of benzene rings is 1. The predicted octanol–water partition coefficient (Wildman–Crippen LogP) is 3.94. The molecule has 1 heterocycles. The minimum atomic E-state index is -0.110. The fourth-order valence-electron chi connectivity index (χ4n) is 1.60. The summed E-state index contributed by atoms with van der Waals surface area (Å²) in [5.41, 5.74) is 1.45. The van der Waals surface area contributed by atoms with Crippen molar-refractivity contribution in [2.24, 2.45) is 0 Å². The van der Waals surface area contributed by atoms with Crippen LogP contribution in [0.5, 0.6) is 5.75 Å². The first kappa shape index (κ1) is 14.6. The number of rotatable bonds is 4. The molecule has 0 aliphatic heterocycles. The monoisotopic (exact) mass is 407 g/mol. The number of amides is 1. The van der Waals surface area contributed by atoms with E-state index in [0.717, 1.165) is 8.45 Å². The zero-order valence-electron chi connectivity index (χ0n) is 10.1. The number of methoxy groups -OCH3 is 1. The van der Waals surface area contributed by atoms with Gasteiger partial charge in [0.15, 0.2) is 0 Å². The lowest BCUT2D eigenvalue weighted by atomic mass is 10.2. The Bertz CT molecular complexity index is 600. The molecule has 0 unspecified atom stereocenters. The van der Waals surface area contributed by atoms with Gasteiger partial charge in [-0.1, -0.05) is 17.7 Å². The highest BCUT2D eigenvalue weighted by Crippen LogP contribution is 2.26. The van der Waals surface area contributed by atoms with Gasteiger partial charge in [0, 0.05) is 22.5 Å². The Morgan fingerprint density at radius 1 is 1.53 bits per heavy atom. The second-order valence-corrected chi connectivity index (χ2v) is 6.96. The SMILES string of the molecule is COc1cccc(Cl)c1CNC(=O)c1csc(I)c1. The fourth-order valence-corrected chi connectivity index (χ4v) is 3.16. The van der Waals surface area contributed by atoms with Crippen LogP contribution in [0.3, 0.4) is 0 Å². The number of nitrogens with one attached hydrogen (secondary N) is 1. The summed E-state index contributed by atoms with van der Waals surface area (Å²) in [6, 6.07) is 7.26. The topological polar surface area (TPSA) is 38.3 Å². The van der Waals surface area contributed by atoms with E-state index in [1.807, 2.05) is 23.6 Å². The van der Waals surface area contributed by atoms with Gasteiger partial charge in [0.05, 0.1) is 15.6 Å². The third-order valence-corrected chi connectivity index (χ3v) is 4.69. The van der Waals surface area contributed by atoms with Crippen molar-refractivity contribution in [2.45, 2.75) is 6.54 Å². The first-order valence-electron chi connectivity index (χ1n) is 5.45. The summed E-state index contributed by atoms with van der Waals surface area (Å²) in [5.74, 6) is 0.564. The summed E-state index contributed by atoms with van der Waals surface area (Å²) in [6.45, 7) is 0.341. The third-order valence-electron chi connectivity index (χ3n) is 2.55. The summed E-state index contributed by atoms with van der Waals surface area (Å²) in [6.07, 6.45) is 0. The molecule has 1 aromatic heterocycles. The van der Waals surface area contributed by atoms with Gasteiger partial charge in [0.2, 0.25) is 0 Å². The normalized spacial score (nSPS) is 10.3. The van der Waals surface area contributed by atoms with Crippen LogP contribution in [-0.2, 0) is 6.54 Å². The van der Waals surface area contributed by atoms with Crippen LogP contribution in [0.2, 0.25) is 5.02 Å². The summed E-state index contributed by atoms with van der Waals surface area (Å²) < 4.78 is 6.31. The molecule has 0 aliphatic rings. The highest BCUT2D eigenvalue weighted by molar-refractivity contribution is 14.1. The standard InChI is InChI=1S/C13H11ClINO2S/c1-18-11-4-2-3-10(14)9(11)6-16-13(17)8-5-12(15)19-7-8/h2-5,7H,6H2,1H3,(H,16,17). The van der Waals surface area contributed by atoms with Gasteiger partial charge in [-0.05, 0) is 40.8 Å². The van der Waals surface area contributed by atoms with Crippen molar-refractivity contribution < 1.29 is 9.53 Å². The van der Waals surface area contributed by atoms with Crippen LogP contribution in [0.1, 0.15) is 15.9 Å². The average Bonchev–Trinajstić information content (AvgIpc) is 2.83. The van der Waals surface area contributed by atoms with E-state index in [-0.39, 0.29) is 5.91 Å². The van der Waals surface area contributed by atoms with Crippen molar-refractivity contribution in [3.8, 4) is 5.75 Å². The van der Waals surface area contributed by atoms with E-state index in [9.17, 15) is 4.79 Å².